The van der Waals surface area contributed by atoms with Gasteiger partial charge in [-0.3, -0.25) is 0 Å². The van der Waals surface area contributed by atoms with Gasteiger partial charge >= 0.3 is 0 Å². The standard InChI is InChI=1S/C17H15NO4S/c1-20-14-9-11(10-15(21-2)16(14)19)17(23)18-7-8-22-13-6-4-3-5-12(13)18/h3-10,19H,1-2H3. The Bertz CT molecular complexity index is 763. The van der Waals surface area contributed by atoms with Crippen LogP contribution in [0.25, 0.3) is 0 Å². The second-order valence-corrected chi connectivity index (χ2v) is 5.16. The number of thiocarbonyl (C=S) groups is 1. The second kappa shape index (κ2) is 6.18. The molecule has 0 aliphatic carbocycles. The van der Waals surface area contributed by atoms with E-state index in [1.54, 1.807) is 24.6 Å². The van der Waals surface area contributed by atoms with Gasteiger partial charge in [0.05, 0.1) is 19.9 Å². The molecule has 0 fully saturated rings. The molecule has 0 amide bonds. The monoisotopic (exact) mass is 329 g/mol. The van der Waals surface area contributed by atoms with Crippen LogP contribution in [-0.4, -0.2) is 24.3 Å². The van der Waals surface area contributed by atoms with E-state index in [2.05, 4.69) is 0 Å². The molecule has 5 nitrogen and oxygen atoms in total. The van der Waals surface area contributed by atoms with Gasteiger partial charge in [0.1, 0.15) is 11.3 Å². The van der Waals surface area contributed by atoms with Gasteiger partial charge in [0.15, 0.2) is 17.2 Å². The number of rotatable bonds is 3. The summed E-state index contributed by atoms with van der Waals surface area (Å²) in [4.78, 5) is 2.37. The normalized spacial score (nSPS) is 12.3. The minimum atomic E-state index is -0.0560. The minimum Gasteiger partial charge on any atom is -0.502 e. The van der Waals surface area contributed by atoms with Gasteiger partial charge in [0.25, 0.3) is 0 Å². The maximum atomic E-state index is 10.0. The van der Waals surface area contributed by atoms with Gasteiger partial charge in [-0.15, -0.1) is 0 Å². The number of phenols is 1. The summed E-state index contributed by atoms with van der Waals surface area (Å²) in [5.74, 6) is 1.26. The lowest BCUT2D eigenvalue weighted by Gasteiger charge is -2.26. The van der Waals surface area contributed by atoms with E-state index in [-0.39, 0.29) is 5.75 Å². The van der Waals surface area contributed by atoms with Crippen LogP contribution in [0, 0.1) is 0 Å². The van der Waals surface area contributed by atoms with Crippen molar-refractivity contribution in [2.24, 2.45) is 0 Å². The number of anilines is 1. The number of phenolic OH excluding ortho intramolecular Hbond substituents is 1. The Morgan fingerprint density at radius 1 is 1.13 bits per heavy atom. The molecule has 0 spiro atoms. The third-order valence-electron chi connectivity index (χ3n) is 3.48. The average molecular weight is 329 g/mol. The molecule has 0 bridgehead atoms. The number of para-hydroxylation sites is 2. The van der Waals surface area contributed by atoms with Gasteiger partial charge in [-0.1, -0.05) is 24.4 Å². The first-order valence-electron chi connectivity index (χ1n) is 6.86. The van der Waals surface area contributed by atoms with Crippen LogP contribution in [0.15, 0.2) is 48.9 Å². The van der Waals surface area contributed by atoms with Crippen molar-refractivity contribution in [1.82, 2.24) is 0 Å². The van der Waals surface area contributed by atoms with Crippen molar-refractivity contribution in [2.75, 3.05) is 19.1 Å². The Morgan fingerprint density at radius 3 is 2.43 bits per heavy atom. The van der Waals surface area contributed by atoms with Crippen LogP contribution in [0.2, 0.25) is 0 Å². The zero-order valence-electron chi connectivity index (χ0n) is 12.6. The molecule has 2 aromatic carbocycles. The summed E-state index contributed by atoms with van der Waals surface area (Å²) >= 11 is 5.60. The molecule has 23 heavy (non-hydrogen) atoms. The molecule has 0 saturated carbocycles. The molecule has 1 aliphatic rings. The van der Waals surface area contributed by atoms with E-state index in [1.165, 1.54) is 14.2 Å². The topological polar surface area (TPSA) is 51.2 Å². The Kier molecular flexibility index (Phi) is 4.08. The first kappa shape index (κ1) is 15.2. The van der Waals surface area contributed by atoms with E-state index in [9.17, 15) is 5.11 Å². The molecule has 0 unspecified atom stereocenters. The summed E-state index contributed by atoms with van der Waals surface area (Å²) in [6.45, 7) is 0. The van der Waals surface area contributed by atoms with E-state index >= 15 is 0 Å². The molecule has 3 rings (SSSR count). The fourth-order valence-electron chi connectivity index (χ4n) is 2.33. The van der Waals surface area contributed by atoms with Crippen molar-refractivity contribution in [3.8, 4) is 23.0 Å². The van der Waals surface area contributed by atoms with Gasteiger partial charge in [-0.05, 0) is 24.3 Å². The summed E-state index contributed by atoms with van der Waals surface area (Å²) in [6, 6.07) is 10.9. The molecule has 0 radical (unpaired) electrons. The van der Waals surface area contributed by atoms with Crippen LogP contribution >= 0.6 is 12.2 Å². The van der Waals surface area contributed by atoms with Crippen LogP contribution in [0.5, 0.6) is 23.0 Å². The highest BCUT2D eigenvalue weighted by atomic mass is 32.1. The third kappa shape index (κ3) is 2.68. The number of methoxy groups -OCH3 is 2. The number of nitrogens with zero attached hydrogens (tertiary/aromatic N) is 1. The van der Waals surface area contributed by atoms with Crippen molar-refractivity contribution in [3.63, 3.8) is 0 Å². The first-order chi connectivity index (χ1) is 11.2. The van der Waals surface area contributed by atoms with E-state index < -0.39 is 0 Å². The van der Waals surface area contributed by atoms with Crippen molar-refractivity contribution < 1.29 is 19.3 Å². The SMILES string of the molecule is COc1cc(C(=S)N2C=COc3ccccc32)cc(OC)c1O. The van der Waals surface area contributed by atoms with E-state index in [0.29, 0.717) is 22.1 Å². The molecule has 2 aromatic rings. The molecule has 118 valence electrons. The van der Waals surface area contributed by atoms with Crippen molar-refractivity contribution in [1.29, 1.82) is 0 Å². The van der Waals surface area contributed by atoms with Crippen molar-refractivity contribution >= 4 is 22.9 Å². The maximum Gasteiger partial charge on any atom is 0.200 e. The second-order valence-electron chi connectivity index (χ2n) is 4.78. The van der Waals surface area contributed by atoms with Crippen molar-refractivity contribution in [3.05, 3.63) is 54.4 Å². The van der Waals surface area contributed by atoms with Gasteiger partial charge in [-0.2, -0.15) is 0 Å². The lowest BCUT2D eigenvalue weighted by molar-refractivity contribution is 0.340. The van der Waals surface area contributed by atoms with Crippen LogP contribution in [0.3, 0.4) is 0 Å². The average Bonchev–Trinajstić information content (AvgIpc) is 2.60. The summed E-state index contributed by atoms with van der Waals surface area (Å²) < 4.78 is 15.8. The molecule has 0 aromatic heterocycles. The predicted molar refractivity (Wildman–Crippen MR) is 91.6 cm³/mol. The summed E-state index contributed by atoms with van der Waals surface area (Å²) in [5, 5.41) is 10.0. The maximum absolute atomic E-state index is 10.0. The molecular formula is C17H15NO4S. The largest absolute Gasteiger partial charge is 0.502 e. The Hall–Kier alpha value is -2.73. The predicted octanol–water partition coefficient (Wildman–Crippen LogP) is 3.46. The number of benzene rings is 2. The first-order valence-corrected chi connectivity index (χ1v) is 7.27. The van der Waals surface area contributed by atoms with Gasteiger partial charge in [0, 0.05) is 11.8 Å². The van der Waals surface area contributed by atoms with Crippen LogP contribution < -0.4 is 19.1 Å². The molecule has 1 aliphatic heterocycles. The third-order valence-corrected chi connectivity index (χ3v) is 3.91. The van der Waals surface area contributed by atoms with Gasteiger partial charge < -0.3 is 24.2 Å². The van der Waals surface area contributed by atoms with E-state index in [0.717, 1.165) is 11.4 Å². The Balaban J connectivity index is 2.04. The fraction of sp³-hybridized carbons (Fsp3) is 0.118. The minimum absolute atomic E-state index is 0.0560. The quantitative estimate of drug-likeness (QED) is 0.871. The molecule has 0 atom stereocenters. The van der Waals surface area contributed by atoms with Crippen molar-refractivity contribution in [2.45, 2.75) is 0 Å². The number of hydrogen-bond donors (Lipinski definition) is 1. The van der Waals surface area contributed by atoms with Crippen LogP contribution in [0.1, 0.15) is 5.56 Å². The Morgan fingerprint density at radius 2 is 1.78 bits per heavy atom. The van der Waals surface area contributed by atoms with E-state index in [4.69, 9.17) is 26.4 Å². The summed E-state index contributed by atoms with van der Waals surface area (Å²) in [7, 11) is 2.95. The number of aromatic hydroxyl groups is 1. The number of hydrogen-bond acceptors (Lipinski definition) is 5. The van der Waals surface area contributed by atoms with Crippen LogP contribution in [-0.2, 0) is 0 Å². The Labute approximate surface area is 139 Å². The molecule has 1 heterocycles. The molecule has 6 heteroatoms. The highest BCUT2D eigenvalue weighted by Crippen LogP contribution is 2.39. The number of ether oxygens (including phenoxy) is 3. The lowest BCUT2D eigenvalue weighted by atomic mass is 10.1. The highest BCUT2D eigenvalue weighted by molar-refractivity contribution is 7.81. The van der Waals surface area contributed by atoms with Gasteiger partial charge in [-0.25, -0.2) is 0 Å². The fourth-order valence-corrected chi connectivity index (χ4v) is 2.61. The van der Waals surface area contributed by atoms with Crippen LogP contribution in [0.4, 0.5) is 5.69 Å². The molecule has 0 saturated heterocycles. The highest BCUT2D eigenvalue weighted by Gasteiger charge is 2.21. The zero-order chi connectivity index (χ0) is 16.4. The summed E-state index contributed by atoms with van der Waals surface area (Å²) in [6.07, 6.45) is 3.32. The summed E-state index contributed by atoms with van der Waals surface area (Å²) in [5.41, 5.74) is 1.53. The molecule has 1 N–H and O–H groups in total. The van der Waals surface area contributed by atoms with E-state index in [1.807, 2.05) is 29.2 Å². The smallest absolute Gasteiger partial charge is 0.200 e. The zero-order valence-corrected chi connectivity index (χ0v) is 13.5. The number of fused-ring (bicyclic) bond motifs is 1. The lowest BCUT2D eigenvalue weighted by Crippen LogP contribution is -2.26. The molecular weight excluding hydrogens is 314 g/mol. The van der Waals surface area contributed by atoms with Gasteiger partial charge in [0.2, 0.25) is 5.75 Å².